The maximum absolute atomic E-state index is 12.2. The van der Waals surface area contributed by atoms with E-state index in [0.717, 1.165) is 11.1 Å². The molecule has 4 rings (SSSR count). The van der Waals surface area contributed by atoms with E-state index in [4.69, 9.17) is 9.47 Å². The third-order valence-electron chi connectivity index (χ3n) is 4.01. The first-order valence-electron chi connectivity index (χ1n) is 7.44. The SMILES string of the molecule is COc1ccc(-c2cc3[nH]c(=O)c4ccccc4n3n2)c(OC)c1. The minimum absolute atomic E-state index is 0.133. The summed E-state index contributed by atoms with van der Waals surface area (Å²) in [6.45, 7) is 0. The van der Waals surface area contributed by atoms with Gasteiger partial charge >= 0.3 is 0 Å². The molecule has 24 heavy (non-hydrogen) atoms. The fourth-order valence-corrected chi connectivity index (χ4v) is 2.83. The van der Waals surface area contributed by atoms with Gasteiger partial charge < -0.3 is 14.5 Å². The van der Waals surface area contributed by atoms with E-state index in [1.165, 1.54) is 0 Å². The van der Waals surface area contributed by atoms with Gasteiger partial charge in [0.25, 0.3) is 5.56 Å². The largest absolute Gasteiger partial charge is 0.497 e. The minimum atomic E-state index is -0.133. The van der Waals surface area contributed by atoms with E-state index in [-0.39, 0.29) is 5.56 Å². The molecule has 2 aromatic heterocycles. The quantitative estimate of drug-likeness (QED) is 0.630. The summed E-state index contributed by atoms with van der Waals surface area (Å²) in [6.07, 6.45) is 0. The van der Waals surface area contributed by atoms with Gasteiger partial charge in [0, 0.05) is 17.7 Å². The molecule has 6 nitrogen and oxygen atoms in total. The van der Waals surface area contributed by atoms with Gasteiger partial charge in [-0.1, -0.05) is 12.1 Å². The highest BCUT2D eigenvalue weighted by atomic mass is 16.5. The first kappa shape index (κ1) is 14.3. The third-order valence-corrected chi connectivity index (χ3v) is 4.01. The molecule has 0 saturated carbocycles. The first-order chi connectivity index (χ1) is 11.7. The van der Waals surface area contributed by atoms with Crippen LogP contribution in [0.3, 0.4) is 0 Å². The molecule has 0 atom stereocenters. The Kier molecular flexibility index (Phi) is 3.23. The Labute approximate surface area is 137 Å². The molecule has 0 unspecified atom stereocenters. The normalized spacial score (nSPS) is 11.1. The van der Waals surface area contributed by atoms with Crippen molar-refractivity contribution in [3.8, 4) is 22.8 Å². The topological polar surface area (TPSA) is 68.6 Å². The molecule has 2 heterocycles. The van der Waals surface area contributed by atoms with Crippen LogP contribution >= 0.6 is 0 Å². The first-order valence-corrected chi connectivity index (χ1v) is 7.44. The summed E-state index contributed by atoms with van der Waals surface area (Å²) in [4.78, 5) is 15.1. The number of H-pyrrole nitrogens is 1. The summed E-state index contributed by atoms with van der Waals surface area (Å²) >= 11 is 0. The number of rotatable bonds is 3. The van der Waals surface area contributed by atoms with Crippen LogP contribution in [-0.4, -0.2) is 28.8 Å². The van der Waals surface area contributed by atoms with Gasteiger partial charge in [-0.15, -0.1) is 0 Å². The molecule has 0 fully saturated rings. The van der Waals surface area contributed by atoms with Crippen molar-refractivity contribution in [2.24, 2.45) is 0 Å². The highest BCUT2D eigenvalue weighted by Gasteiger charge is 2.13. The Balaban J connectivity index is 1.99. The smallest absolute Gasteiger partial charge is 0.259 e. The van der Waals surface area contributed by atoms with E-state index in [1.807, 2.05) is 36.4 Å². The summed E-state index contributed by atoms with van der Waals surface area (Å²) in [5.41, 5.74) is 2.79. The molecule has 4 aromatic rings. The summed E-state index contributed by atoms with van der Waals surface area (Å²) in [7, 11) is 3.21. The van der Waals surface area contributed by atoms with Gasteiger partial charge in [-0.3, -0.25) is 4.79 Å². The molecule has 0 spiro atoms. The maximum atomic E-state index is 12.2. The van der Waals surface area contributed by atoms with Crippen molar-refractivity contribution in [3.63, 3.8) is 0 Å². The van der Waals surface area contributed by atoms with Crippen LogP contribution < -0.4 is 15.0 Å². The van der Waals surface area contributed by atoms with Crippen LogP contribution in [0.2, 0.25) is 0 Å². The zero-order chi connectivity index (χ0) is 16.7. The van der Waals surface area contributed by atoms with Crippen LogP contribution in [0.15, 0.2) is 53.3 Å². The summed E-state index contributed by atoms with van der Waals surface area (Å²) < 4.78 is 12.4. The Bertz CT molecular complexity index is 1110. The van der Waals surface area contributed by atoms with Crippen molar-refractivity contribution in [2.75, 3.05) is 14.2 Å². The molecular formula is C18H15N3O3. The Morgan fingerprint density at radius 2 is 1.88 bits per heavy atom. The van der Waals surface area contributed by atoms with Gasteiger partial charge in [0.05, 0.1) is 30.8 Å². The van der Waals surface area contributed by atoms with Crippen molar-refractivity contribution < 1.29 is 9.47 Å². The maximum Gasteiger partial charge on any atom is 0.259 e. The highest BCUT2D eigenvalue weighted by Crippen LogP contribution is 2.33. The summed E-state index contributed by atoms with van der Waals surface area (Å²) in [5, 5.41) is 5.24. The number of hydrogen-bond donors (Lipinski definition) is 1. The standard InChI is InChI=1S/C18H15N3O3/c1-23-11-7-8-12(16(9-11)24-2)14-10-17-19-18(22)13-5-3-4-6-15(13)21(17)20-14/h3-10H,1-2H3,(H,19,22). The van der Waals surface area contributed by atoms with Crippen molar-refractivity contribution >= 4 is 16.6 Å². The van der Waals surface area contributed by atoms with Gasteiger partial charge in [0.2, 0.25) is 0 Å². The molecule has 2 aromatic carbocycles. The molecule has 1 N–H and O–H groups in total. The van der Waals surface area contributed by atoms with Gasteiger partial charge in [0.1, 0.15) is 17.1 Å². The van der Waals surface area contributed by atoms with E-state index < -0.39 is 0 Å². The van der Waals surface area contributed by atoms with Crippen LogP contribution in [0.1, 0.15) is 0 Å². The molecule has 120 valence electrons. The van der Waals surface area contributed by atoms with Crippen LogP contribution in [0.25, 0.3) is 27.8 Å². The fourth-order valence-electron chi connectivity index (χ4n) is 2.83. The fraction of sp³-hybridized carbons (Fsp3) is 0.111. The lowest BCUT2D eigenvalue weighted by atomic mass is 10.1. The average molecular weight is 321 g/mol. The molecular weight excluding hydrogens is 306 g/mol. The van der Waals surface area contributed by atoms with Crippen molar-refractivity contribution in [1.82, 2.24) is 14.6 Å². The van der Waals surface area contributed by atoms with Crippen molar-refractivity contribution in [1.29, 1.82) is 0 Å². The van der Waals surface area contributed by atoms with Crippen molar-refractivity contribution in [2.45, 2.75) is 0 Å². The molecule has 0 aliphatic carbocycles. The molecule has 0 aliphatic rings. The second-order valence-corrected chi connectivity index (χ2v) is 5.36. The number of aromatic nitrogens is 3. The van der Waals surface area contributed by atoms with Crippen LogP contribution in [0.4, 0.5) is 0 Å². The Morgan fingerprint density at radius 3 is 2.67 bits per heavy atom. The molecule has 6 heteroatoms. The predicted octanol–water partition coefficient (Wildman–Crippen LogP) is 2.86. The molecule has 0 amide bonds. The summed E-state index contributed by atoms with van der Waals surface area (Å²) in [5.74, 6) is 1.36. The van der Waals surface area contributed by atoms with Gasteiger partial charge in [-0.05, 0) is 24.3 Å². The van der Waals surface area contributed by atoms with Crippen LogP contribution in [-0.2, 0) is 0 Å². The zero-order valence-electron chi connectivity index (χ0n) is 13.2. The Hall–Kier alpha value is -3.28. The number of para-hydroxylation sites is 1. The molecule has 0 radical (unpaired) electrons. The number of benzene rings is 2. The number of nitrogens with zero attached hydrogens (tertiary/aromatic N) is 2. The van der Waals surface area contributed by atoms with Crippen molar-refractivity contribution in [3.05, 3.63) is 58.9 Å². The number of hydrogen-bond acceptors (Lipinski definition) is 4. The number of ether oxygens (including phenoxy) is 2. The van der Waals surface area contributed by atoms with Crippen LogP contribution in [0.5, 0.6) is 11.5 Å². The second kappa shape index (κ2) is 5.42. The lowest BCUT2D eigenvalue weighted by molar-refractivity contribution is 0.395. The van der Waals surface area contributed by atoms with Gasteiger partial charge in [0.15, 0.2) is 0 Å². The zero-order valence-corrected chi connectivity index (χ0v) is 13.2. The predicted molar refractivity (Wildman–Crippen MR) is 91.9 cm³/mol. The van der Waals surface area contributed by atoms with Crippen LogP contribution in [0, 0.1) is 0 Å². The van der Waals surface area contributed by atoms with E-state index in [1.54, 1.807) is 30.9 Å². The van der Waals surface area contributed by atoms with E-state index in [2.05, 4.69) is 10.1 Å². The average Bonchev–Trinajstić information content (AvgIpc) is 3.05. The Morgan fingerprint density at radius 1 is 1.04 bits per heavy atom. The van der Waals surface area contributed by atoms with Gasteiger partial charge in [-0.2, -0.15) is 5.10 Å². The number of aromatic amines is 1. The molecule has 0 aliphatic heterocycles. The lowest BCUT2D eigenvalue weighted by Gasteiger charge is -2.08. The van der Waals surface area contributed by atoms with E-state index in [0.29, 0.717) is 28.2 Å². The van der Waals surface area contributed by atoms with E-state index >= 15 is 0 Å². The number of fused-ring (bicyclic) bond motifs is 3. The molecule has 0 bridgehead atoms. The van der Waals surface area contributed by atoms with E-state index in [9.17, 15) is 4.79 Å². The highest BCUT2D eigenvalue weighted by molar-refractivity contribution is 5.81. The minimum Gasteiger partial charge on any atom is -0.497 e. The van der Waals surface area contributed by atoms with Gasteiger partial charge in [-0.25, -0.2) is 4.52 Å². The third kappa shape index (κ3) is 2.11. The number of methoxy groups -OCH3 is 2. The second-order valence-electron chi connectivity index (χ2n) is 5.36. The monoisotopic (exact) mass is 321 g/mol. The number of nitrogens with one attached hydrogen (secondary N) is 1. The summed E-state index contributed by atoms with van der Waals surface area (Å²) in [6, 6.07) is 14.8. The lowest BCUT2D eigenvalue weighted by Crippen LogP contribution is -2.09. The molecule has 0 saturated heterocycles.